The Balaban J connectivity index is 2.82. The van der Waals surface area contributed by atoms with Crippen molar-refractivity contribution in [1.29, 1.82) is 0 Å². The van der Waals surface area contributed by atoms with Gasteiger partial charge in [0.15, 0.2) is 5.69 Å². The molecular formula is C11H6ClF4N3O2. The predicted molar refractivity (Wildman–Crippen MR) is 66.4 cm³/mol. The molecule has 1 heterocycles. The zero-order chi connectivity index (χ0) is 15.9. The molecule has 0 saturated carbocycles. The average Bonchev–Trinajstić information content (AvgIpc) is 2.35. The van der Waals surface area contributed by atoms with E-state index in [9.17, 15) is 27.2 Å². The molecule has 0 radical (unpaired) electrons. The fourth-order valence-electron chi connectivity index (χ4n) is 1.66. The van der Waals surface area contributed by atoms with Crippen LogP contribution >= 0.6 is 11.6 Å². The van der Waals surface area contributed by atoms with Crippen molar-refractivity contribution in [3.63, 3.8) is 0 Å². The summed E-state index contributed by atoms with van der Waals surface area (Å²) in [5, 5.41) is -0.00992. The molecule has 5 nitrogen and oxygen atoms in total. The molecule has 0 bridgehead atoms. The first-order valence-corrected chi connectivity index (χ1v) is 5.67. The molecule has 0 amide bonds. The number of rotatable bonds is 1. The number of nitrogens with zero attached hydrogens (tertiary/aromatic N) is 2. The van der Waals surface area contributed by atoms with E-state index in [1.54, 1.807) is 0 Å². The molecular weight excluding hydrogens is 318 g/mol. The van der Waals surface area contributed by atoms with Crippen LogP contribution in [0.4, 0.5) is 17.6 Å². The second-order valence-electron chi connectivity index (χ2n) is 3.95. The maximum atomic E-state index is 13.7. The van der Waals surface area contributed by atoms with Crippen molar-refractivity contribution in [1.82, 2.24) is 9.24 Å². The van der Waals surface area contributed by atoms with Crippen LogP contribution in [0.5, 0.6) is 0 Å². The fourth-order valence-corrected chi connectivity index (χ4v) is 1.82. The molecule has 112 valence electrons. The van der Waals surface area contributed by atoms with Crippen molar-refractivity contribution in [2.45, 2.75) is 6.18 Å². The first kappa shape index (κ1) is 15.1. The van der Waals surface area contributed by atoms with Crippen LogP contribution in [0.15, 0.2) is 33.9 Å². The van der Waals surface area contributed by atoms with E-state index < -0.39 is 34.6 Å². The lowest BCUT2D eigenvalue weighted by molar-refractivity contribution is -0.143. The van der Waals surface area contributed by atoms with E-state index in [1.807, 2.05) is 0 Å². The van der Waals surface area contributed by atoms with Gasteiger partial charge in [-0.05, 0) is 18.2 Å². The van der Waals surface area contributed by atoms with Crippen molar-refractivity contribution in [2.75, 3.05) is 5.84 Å². The number of nitrogens with two attached hydrogens (primary N) is 1. The summed E-state index contributed by atoms with van der Waals surface area (Å²) >= 11 is 5.52. The van der Waals surface area contributed by atoms with Gasteiger partial charge >= 0.3 is 11.9 Å². The van der Waals surface area contributed by atoms with Crippen molar-refractivity contribution >= 4 is 11.6 Å². The number of nitrogen functional groups attached to an aromatic ring is 1. The number of benzene rings is 1. The van der Waals surface area contributed by atoms with E-state index >= 15 is 0 Å². The third-order valence-electron chi connectivity index (χ3n) is 2.58. The molecule has 2 N–H and O–H groups in total. The van der Waals surface area contributed by atoms with E-state index in [2.05, 4.69) is 0 Å². The zero-order valence-electron chi connectivity index (χ0n) is 9.99. The third kappa shape index (κ3) is 2.64. The van der Waals surface area contributed by atoms with E-state index in [-0.39, 0.29) is 20.3 Å². The molecule has 2 aromatic rings. The van der Waals surface area contributed by atoms with E-state index in [0.717, 1.165) is 12.1 Å². The lowest BCUT2D eigenvalue weighted by Crippen LogP contribution is -2.45. The van der Waals surface area contributed by atoms with Crippen LogP contribution in [0.2, 0.25) is 5.02 Å². The fraction of sp³-hybridized carbons (Fsp3) is 0.0909. The zero-order valence-corrected chi connectivity index (χ0v) is 10.7. The average molecular weight is 324 g/mol. The van der Waals surface area contributed by atoms with Crippen molar-refractivity contribution in [3.05, 3.63) is 61.6 Å². The monoisotopic (exact) mass is 323 g/mol. The number of hydrogen-bond acceptors (Lipinski definition) is 3. The van der Waals surface area contributed by atoms with Gasteiger partial charge in [0, 0.05) is 11.1 Å². The molecule has 0 unspecified atom stereocenters. The Morgan fingerprint density at radius 2 is 1.76 bits per heavy atom. The van der Waals surface area contributed by atoms with Gasteiger partial charge in [-0.1, -0.05) is 11.6 Å². The minimum absolute atomic E-state index is 0.00992. The minimum atomic E-state index is -5.00. The van der Waals surface area contributed by atoms with E-state index in [4.69, 9.17) is 17.4 Å². The van der Waals surface area contributed by atoms with Crippen molar-refractivity contribution < 1.29 is 17.6 Å². The Labute approximate surface area is 118 Å². The normalized spacial score (nSPS) is 11.7. The Bertz CT molecular complexity index is 826. The van der Waals surface area contributed by atoms with Crippen LogP contribution in [-0.4, -0.2) is 9.24 Å². The molecule has 10 heteroatoms. The summed E-state index contributed by atoms with van der Waals surface area (Å²) in [6.45, 7) is 0. The molecule has 0 aliphatic heterocycles. The van der Waals surface area contributed by atoms with E-state index in [0.29, 0.717) is 0 Å². The molecule has 0 aliphatic rings. The number of hydrogen-bond donors (Lipinski definition) is 1. The van der Waals surface area contributed by atoms with Crippen LogP contribution < -0.4 is 17.1 Å². The summed E-state index contributed by atoms with van der Waals surface area (Å²) in [7, 11) is 0. The van der Waals surface area contributed by atoms with Gasteiger partial charge in [-0.3, -0.25) is 4.79 Å². The summed E-state index contributed by atoms with van der Waals surface area (Å²) in [5.41, 5.74) is -5.09. The summed E-state index contributed by atoms with van der Waals surface area (Å²) in [5.74, 6) is 3.98. The molecule has 0 spiro atoms. The van der Waals surface area contributed by atoms with Gasteiger partial charge in [0.25, 0.3) is 5.56 Å². The maximum Gasteiger partial charge on any atom is 0.433 e. The highest BCUT2D eigenvalue weighted by molar-refractivity contribution is 6.30. The lowest BCUT2D eigenvalue weighted by Gasteiger charge is -2.13. The quantitative estimate of drug-likeness (QED) is 0.639. The minimum Gasteiger partial charge on any atom is -0.335 e. The third-order valence-corrected chi connectivity index (χ3v) is 2.81. The first-order chi connectivity index (χ1) is 9.62. The van der Waals surface area contributed by atoms with Crippen LogP contribution in [0.3, 0.4) is 0 Å². The number of alkyl halides is 3. The molecule has 1 aromatic heterocycles. The summed E-state index contributed by atoms with van der Waals surface area (Å²) in [6.07, 6.45) is -5.00. The topological polar surface area (TPSA) is 70.0 Å². The van der Waals surface area contributed by atoms with Crippen molar-refractivity contribution in [3.8, 4) is 5.69 Å². The standard InChI is InChI=1S/C11H6ClF4N3O2/c12-5-1-2-7(6(13)3-5)18-9(20)4-8(11(14,15)16)19(17)10(18)21/h1-4H,17H2. The highest BCUT2D eigenvalue weighted by atomic mass is 35.5. The number of halogens is 5. The van der Waals surface area contributed by atoms with Gasteiger partial charge in [0.2, 0.25) is 0 Å². The summed E-state index contributed by atoms with van der Waals surface area (Å²) in [6, 6.07) is 3.06. The molecule has 0 fully saturated rings. The highest BCUT2D eigenvalue weighted by Crippen LogP contribution is 2.26. The molecule has 0 aliphatic carbocycles. The second kappa shape index (κ2) is 4.92. The Morgan fingerprint density at radius 1 is 1.14 bits per heavy atom. The molecule has 0 saturated heterocycles. The Kier molecular flexibility index (Phi) is 3.54. The molecule has 1 aromatic carbocycles. The summed E-state index contributed by atoms with van der Waals surface area (Å²) < 4.78 is 51.4. The SMILES string of the molecule is Nn1c(C(F)(F)F)cc(=O)n(-c2ccc(Cl)cc2F)c1=O. The van der Waals surface area contributed by atoms with Crippen molar-refractivity contribution in [2.24, 2.45) is 0 Å². The van der Waals surface area contributed by atoms with Crippen LogP contribution in [0, 0.1) is 5.82 Å². The van der Waals surface area contributed by atoms with Gasteiger partial charge in [-0.15, -0.1) is 0 Å². The number of aromatic nitrogens is 2. The molecule has 0 atom stereocenters. The Hall–Kier alpha value is -2.29. The smallest absolute Gasteiger partial charge is 0.335 e. The lowest BCUT2D eigenvalue weighted by atomic mass is 10.3. The van der Waals surface area contributed by atoms with Gasteiger partial charge < -0.3 is 5.84 Å². The Morgan fingerprint density at radius 3 is 2.29 bits per heavy atom. The summed E-state index contributed by atoms with van der Waals surface area (Å²) in [4.78, 5) is 23.5. The van der Waals surface area contributed by atoms with E-state index in [1.165, 1.54) is 6.07 Å². The second-order valence-corrected chi connectivity index (χ2v) is 4.39. The molecule has 21 heavy (non-hydrogen) atoms. The largest absolute Gasteiger partial charge is 0.433 e. The maximum absolute atomic E-state index is 13.7. The first-order valence-electron chi connectivity index (χ1n) is 5.29. The van der Waals surface area contributed by atoms with Crippen LogP contribution in [-0.2, 0) is 6.18 Å². The van der Waals surface area contributed by atoms with Gasteiger partial charge in [-0.2, -0.15) is 13.2 Å². The highest BCUT2D eigenvalue weighted by Gasteiger charge is 2.35. The van der Waals surface area contributed by atoms with Crippen LogP contribution in [0.25, 0.3) is 5.69 Å². The van der Waals surface area contributed by atoms with Crippen LogP contribution in [0.1, 0.15) is 5.69 Å². The van der Waals surface area contributed by atoms with Gasteiger partial charge in [0.1, 0.15) is 5.82 Å². The predicted octanol–water partition coefficient (Wildman–Crippen LogP) is 1.52. The van der Waals surface area contributed by atoms with Gasteiger partial charge in [0.05, 0.1) is 5.69 Å². The van der Waals surface area contributed by atoms with Gasteiger partial charge in [-0.25, -0.2) is 18.4 Å². The molecule has 2 rings (SSSR count).